The van der Waals surface area contributed by atoms with Crippen LogP contribution in [0.4, 0.5) is 8.78 Å². The number of halogens is 2. The molecule has 1 amide bonds. The Labute approximate surface area is 183 Å². The first-order valence-electron chi connectivity index (χ1n) is 9.86. The second kappa shape index (κ2) is 8.97. The molecule has 4 rings (SSSR count). The lowest BCUT2D eigenvalue weighted by Crippen LogP contribution is -2.23. The lowest BCUT2D eigenvalue weighted by molar-refractivity contribution is 0.0950. The van der Waals surface area contributed by atoms with Crippen LogP contribution in [0.15, 0.2) is 67.0 Å². The van der Waals surface area contributed by atoms with Gasteiger partial charge in [0.25, 0.3) is 5.91 Å². The lowest BCUT2D eigenvalue weighted by atomic mass is 10.1. The van der Waals surface area contributed by atoms with Crippen molar-refractivity contribution in [2.75, 3.05) is 0 Å². The molecule has 0 aliphatic heterocycles. The molecule has 0 bridgehead atoms. The number of pyridine rings is 1. The number of aryl methyl sites for hydroxylation is 1. The van der Waals surface area contributed by atoms with Crippen LogP contribution in [0.3, 0.4) is 0 Å². The minimum absolute atomic E-state index is 0.00352. The van der Waals surface area contributed by atoms with Crippen molar-refractivity contribution in [2.45, 2.75) is 13.5 Å². The van der Waals surface area contributed by atoms with Gasteiger partial charge in [-0.3, -0.25) is 14.5 Å². The highest BCUT2D eigenvalue weighted by Crippen LogP contribution is 2.29. The van der Waals surface area contributed by atoms with E-state index in [1.165, 1.54) is 12.1 Å². The summed E-state index contributed by atoms with van der Waals surface area (Å²) in [5.74, 6) is -0.682. The minimum atomic E-state index is -0.691. The summed E-state index contributed by atoms with van der Waals surface area (Å²) in [6.45, 7) is 1.77. The van der Waals surface area contributed by atoms with Gasteiger partial charge in [0.15, 0.2) is 0 Å². The molecule has 4 aromatic rings. The number of nitrogens with zero attached hydrogens (tertiary/aromatic N) is 3. The smallest absolute Gasteiger partial charge is 0.251 e. The third-order valence-electron chi connectivity index (χ3n) is 4.95. The van der Waals surface area contributed by atoms with E-state index >= 15 is 0 Å². The highest BCUT2D eigenvalue weighted by Gasteiger charge is 2.14. The molecule has 0 fully saturated rings. The summed E-state index contributed by atoms with van der Waals surface area (Å²) >= 11 is 0. The third kappa shape index (κ3) is 4.64. The third-order valence-corrected chi connectivity index (χ3v) is 4.95. The van der Waals surface area contributed by atoms with Crippen molar-refractivity contribution >= 4 is 5.91 Å². The summed E-state index contributed by atoms with van der Waals surface area (Å²) in [6, 6.07) is 13.7. The number of ether oxygens (including phenoxy) is 1. The molecule has 2 aromatic heterocycles. The second-order valence-corrected chi connectivity index (χ2v) is 7.21. The lowest BCUT2D eigenvalue weighted by Gasteiger charge is -2.13. The fraction of sp³-hybridized carbons (Fsp3) is 0.125. The largest absolute Gasteiger partial charge is 0.457 e. The molecule has 0 saturated heterocycles. The summed E-state index contributed by atoms with van der Waals surface area (Å²) in [5.41, 5.74) is 2.92. The van der Waals surface area contributed by atoms with E-state index in [2.05, 4.69) is 15.4 Å². The fourth-order valence-electron chi connectivity index (χ4n) is 3.33. The van der Waals surface area contributed by atoms with Gasteiger partial charge in [-0.2, -0.15) is 5.10 Å². The second-order valence-electron chi connectivity index (χ2n) is 7.21. The zero-order valence-electron chi connectivity index (χ0n) is 17.5. The minimum Gasteiger partial charge on any atom is -0.457 e. The Morgan fingerprint density at radius 3 is 2.56 bits per heavy atom. The topological polar surface area (TPSA) is 69.0 Å². The van der Waals surface area contributed by atoms with Crippen LogP contribution in [0.25, 0.3) is 11.4 Å². The maximum absolute atomic E-state index is 13.4. The van der Waals surface area contributed by atoms with Crippen molar-refractivity contribution in [1.82, 2.24) is 20.1 Å². The Bertz CT molecular complexity index is 1270. The van der Waals surface area contributed by atoms with Crippen molar-refractivity contribution in [2.24, 2.45) is 7.05 Å². The van der Waals surface area contributed by atoms with Crippen LogP contribution in [-0.2, 0) is 13.6 Å². The van der Waals surface area contributed by atoms with Gasteiger partial charge in [-0.25, -0.2) is 8.78 Å². The van der Waals surface area contributed by atoms with Gasteiger partial charge >= 0.3 is 0 Å². The van der Waals surface area contributed by atoms with Crippen LogP contribution in [0.5, 0.6) is 11.5 Å². The Balaban J connectivity index is 1.51. The number of hydrogen-bond acceptors (Lipinski definition) is 4. The van der Waals surface area contributed by atoms with E-state index in [1.807, 2.05) is 13.1 Å². The first kappa shape index (κ1) is 21.2. The average molecular weight is 434 g/mol. The quantitative estimate of drug-likeness (QED) is 0.474. The summed E-state index contributed by atoms with van der Waals surface area (Å²) in [7, 11) is 1.83. The molecule has 0 atom stereocenters. The Morgan fingerprint density at radius 1 is 1.06 bits per heavy atom. The number of carbonyl (C=O) groups is 1. The van der Waals surface area contributed by atoms with E-state index in [9.17, 15) is 13.6 Å². The Morgan fingerprint density at radius 2 is 1.84 bits per heavy atom. The first-order valence-corrected chi connectivity index (χ1v) is 9.86. The first-order chi connectivity index (χ1) is 15.4. The molecular formula is C24H20F2N4O2. The van der Waals surface area contributed by atoms with Crippen LogP contribution in [0.2, 0.25) is 0 Å². The van der Waals surface area contributed by atoms with Crippen molar-refractivity contribution in [3.05, 3.63) is 95.3 Å². The normalized spacial score (nSPS) is 10.8. The molecule has 162 valence electrons. The van der Waals surface area contributed by atoms with Crippen molar-refractivity contribution in [1.29, 1.82) is 0 Å². The van der Waals surface area contributed by atoms with E-state index in [1.54, 1.807) is 54.3 Å². The fourth-order valence-corrected chi connectivity index (χ4v) is 3.33. The highest BCUT2D eigenvalue weighted by atomic mass is 19.1. The zero-order chi connectivity index (χ0) is 22.7. The number of nitrogens with one attached hydrogen (secondary N) is 1. The van der Waals surface area contributed by atoms with E-state index in [0.29, 0.717) is 33.9 Å². The molecule has 2 heterocycles. The van der Waals surface area contributed by atoms with Gasteiger partial charge < -0.3 is 10.1 Å². The molecule has 0 saturated carbocycles. The standard InChI is InChI=1S/C24H20F2N4O2/c1-15-20(24(31)28-14-16-10-17(25)12-18(26)11-16)4-3-5-23(15)32-19-6-8-27-21(13-19)22-7-9-29-30(22)2/h3-13H,14H2,1-2H3,(H,28,31). The number of aromatic nitrogens is 3. The predicted molar refractivity (Wildman–Crippen MR) is 115 cm³/mol. The summed E-state index contributed by atoms with van der Waals surface area (Å²) in [6.07, 6.45) is 3.33. The van der Waals surface area contributed by atoms with E-state index in [0.717, 1.165) is 11.8 Å². The monoisotopic (exact) mass is 434 g/mol. The van der Waals surface area contributed by atoms with Crippen LogP contribution in [-0.4, -0.2) is 20.7 Å². The molecule has 32 heavy (non-hydrogen) atoms. The number of hydrogen-bond donors (Lipinski definition) is 1. The van der Waals surface area contributed by atoms with Gasteiger partial charge in [0.2, 0.25) is 0 Å². The van der Waals surface area contributed by atoms with Gasteiger partial charge in [0.05, 0.1) is 11.4 Å². The molecular weight excluding hydrogens is 414 g/mol. The maximum atomic E-state index is 13.4. The number of amides is 1. The predicted octanol–water partition coefficient (Wildman–Crippen LogP) is 4.79. The van der Waals surface area contributed by atoms with Crippen LogP contribution in [0.1, 0.15) is 21.5 Å². The molecule has 0 spiro atoms. The van der Waals surface area contributed by atoms with Crippen LogP contribution >= 0.6 is 0 Å². The molecule has 0 radical (unpaired) electrons. The number of benzene rings is 2. The van der Waals surface area contributed by atoms with Gasteiger partial charge in [0.1, 0.15) is 23.1 Å². The maximum Gasteiger partial charge on any atom is 0.251 e. The molecule has 8 heteroatoms. The molecule has 6 nitrogen and oxygen atoms in total. The highest BCUT2D eigenvalue weighted by molar-refractivity contribution is 5.96. The van der Waals surface area contributed by atoms with Crippen LogP contribution < -0.4 is 10.1 Å². The van der Waals surface area contributed by atoms with Gasteiger partial charge in [-0.05, 0) is 48.9 Å². The van der Waals surface area contributed by atoms with E-state index < -0.39 is 11.6 Å². The summed E-state index contributed by atoms with van der Waals surface area (Å²) in [5, 5.41) is 6.84. The van der Waals surface area contributed by atoms with E-state index in [-0.39, 0.29) is 12.5 Å². The molecule has 0 aliphatic rings. The van der Waals surface area contributed by atoms with Crippen molar-refractivity contribution < 1.29 is 18.3 Å². The molecule has 2 aromatic carbocycles. The van der Waals surface area contributed by atoms with Crippen molar-refractivity contribution in [3.63, 3.8) is 0 Å². The molecule has 0 aliphatic carbocycles. The number of carbonyl (C=O) groups excluding carboxylic acids is 1. The molecule has 1 N–H and O–H groups in total. The van der Waals surface area contributed by atoms with Crippen LogP contribution in [0, 0.1) is 18.6 Å². The summed E-state index contributed by atoms with van der Waals surface area (Å²) in [4.78, 5) is 17.0. The Kier molecular flexibility index (Phi) is 5.93. The molecule has 0 unspecified atom stereocenters. The zero-order valence-corrected chi connectivity index (χ0v) is 17.5. The number of rotatable bonds is 6. The van der Waals surface area contributed by atoms with E-state index in [4.69, 9.17) is 4.74 Å². The van der Waals surface area contributed by atoms with Gasteiger partial charge in [-0.15, -0.1) is 0 Å². The average Bonchev–Trinajstić information content (AvgIpc) is 3.19. The summed E-state index contributed by atoms with van der Waals surface area (Å²) < 4.78 is 34.5. The van der Waals surface area contributed by atoms with Crippen molar-refractivity contribution in [3.8, 4) is 22.9 Å². The van der Waals surface area contributed by atoms with Gasteiger partial charge in [-0.1, -0.05) is 6.07 Å². The Hall–Kier alpha value is -4.07. The SMILES string of the molecule is Cc1c(Oc2ccnc(-c3ccnn3C)c2)cccc1C(=O)NCc1cc(F)cc(F)c1. The van der Waals surface area contributed by atoms with Gasteiger partial charge in [0, 0.05) is 49.2 Å².